The van der Waals surface area contributed by atoms with Crippen molar-refractivity contribution in [1.29, 1.82) is 0 Å². The third-order valence-electron chi connectivity index (χ3n) is 4.07. The first kappa shape index (κ1) is 16.7. The lowest BCUT2D eigenvalue weighted by atomic mass is 10.0. The first-order chi connectivity index (χ1) is 10.6. The smallest absolute Gasteiger partial charge is 0.222 e. The number of nitrogens with zero attached hydrogens (tertiary/aromatic N) is 1. The molecule has 2 rings (SSSR count). The summed E-state index contributed by atoms with van der Waals surface area (Å²) in [7, 11) is 0. The number of aliphatic hydroxyl groups excluding tert-OH is 1. The molecule has 1 heterocycles. The van der Waals surface area contributed by atoms with Crippen LogP contribution in [0, 0.1) is 5.92 Å². The van der Waals surface area contributed by atoms with Gasteiger partial charge in [0.2, 0.25) is 11.8 Å². The summed E-state index contributed by atoms with van der Waals surface area (Å²) < 4.78 is 5.95. The van der Waals surface area contributed by atoms with Gasteiger partial charge < -0.3 is 15.2 Å². The van der Waals surface area contributed by atoms with E-state index in [0.29, 0.717) is 12.4 Å². The number of carbonyl (C=O) groups is 1. The Kier molecular flexibility index (Phi) is 6.19. The molecule has 1 saturated carbocycles. The second kappa shape index (κ2) is 8.13. The quantitative estimate of drug-likeness (QED) is 0.811. The lowest BCUT2D eigenvalue weighted by molar-refractivity contribution is -0.123. The lowest BCUT2D eigenvalue weighted by Gasteiger charge is -2.16. The van der Waals surface area contributed by atoms with Crippen LogP contribution < -0.4 is 10.1 Å². The molecule has 1 atom stereocenters. The lowest BCUT2D eigenvalue weighted by Crippen LogP contribution is -2.29. The van der Waals surface area contributed by atoms with Crippen LogP contribution in [0.5, 0.6) is 5.88 Å². The van der Waals surface area contributed by atoms with Crippen molar-refractivity contribution in [3.63, 3.8) is 0 Å². The van der Waals surface area contributed by atoms with Gasteiger partial charge in [-0.1, -0.05) is 19.9 Å². The molecule has 122 valence electrons. The van der Waals surface area contributed by atoms with Crippen LogP contribution in [-0.2, 0) is 11.3 Å². The number of aromatic nitrogens is 1. The highest BCUT2D eigenvalue weighted by molar-refractivity contribution is 5.76. The van der Waals surface area contributed by atoms with Gasteiger partial charge in [0.1, 0.15) is 6.10 Å². The average Bonchev–Trinajstić information content (AvgIpc) is 2.99. The molecule has 5 nitrogen and oxygen atoms in total. The molecule has 5 heteroatoms. The van der Waals surface area contributed by atoms with Crippen LogP contribution in [0.25, 0.3) is 0 Å². The third-order valence-corrected chi connectivity index (χ3v) is 4.07. The molecule has 0 aromatic carbocycles. The number of nitrogens with one attached hydrogen (secondary N) is 1. The number of hydrogen-bond acceptors (Lipinski definition) is 4. The summed E-state index contributed by atoms with van der Waals surface area (Å²) in [5.41, 5.74) is 0.877. The first-order valence-corrected chi connectivity index (χ1v) is 8.11. The van der Waals surface area contributed by atoms with Gasteiger partial charge in [-0.15, -0.1) is 0 Å². The van der Waals surface area contributed by atoms with E-state index in [1.54, 1.807) is 6.20 Å². The number of rotatable bonds is 7. The molecule has 1 fully saturated rings. The standard InChI is InChI=1S/C17H26N2O3/c1-12(2)15(20)10-16(21)19-11-13-6-5-9-18-17(13)22-14-7-3-4-8-14/h5-6,9,12,14-15,20H,3-4,7-8,10-11H2,1-2H3,(H,19,21). The molecule has 0 spiro atoms. The van der Waals surface area contributed by atoms with Crippen molar-refractivity contribution < 1.29 is 14.6 Å². The summed E-state index contributed by atoms with van der Waals surface area (Å²) in [5, 5.41) is 12.6. The van der Waals surface area contributed by atoms with E-state index in [2.05, 4.69) is 10.3 Å². The van der Waals surface area contributed by atoms with Gasteiger partial charge in [-0.05, 0) is 37.7 Å². The number of hydrogen-bond donors (Lipinski definition) is 2. The predicted octanol–water partition coefficient (Wildman–Crippen LogP) is 2.43. The Morgan fingerprint density at radius 3 is 2.86 bits per heavy atom. The van der Waals surface area contributed by atoms with Crippen molar-refractivity contribution in [1.82, 2.24) is 10.3 Å². The van der Waals surface area contributed by atoms with Gasteiger partial charge in [-0.25, -0.2) is 4.98 Å². The van der Waals surface area contributed by atoms with Gasteiger partial charge in [-0.3, -0.25) is 4.79 Å². The van der Waals surface area contributed by atoms with Gasteiger partial charge in [0.25, 0.3) is 0 Å². The molecule has 1 unspecified atom stereocenters. The molecule has 0 radical (unpaired) electrons. The number of carbonyl (C=O) groups excluding carboxylic acids is 1. The maximum Gasteiger partial charge on any atom is 0.222 e. The highest BCUT2D eigenvalue weighted by Gasteiger charge is 2.19. The van der Waals surface area contributed by atoms with E-state index >= 15 is 0 Å². The van der Waals surface area contributed by atoms with Gasteiger partial charge in [0.05, 0.1) is 12.5 Å². The highest BCUT2D eigenvalue weighted by Crippen LogP contribution is 2.24. The molecule has 2 N–H and O–H groups in total. The minimum Gasteiger partial charge on any atom is -0.474 e. The minimum atomic E-state index is -0.608. The van der Waals surface area contributed by atoms with E-state index < -0.39 is 6.10 Å². The maximum atomic E-state index is 11.9. The molecule has 0 bridgehead atoms. The molecule has 1 aliphatic carbocycles. The van der Waals surface area contributed by atoms with Crippen molar-refractivity contribution >= 4 is 5.91 Å². The van der Waals surface area contributed by atoms with Crippen LogP contribution in [0.2, 0.25) is 0 Å². The maximum absolute atomic E-state index is 11.9. The topological polar surface area (TPSA) is 71.5 Å². The molecule has 1 aromatic heterocycles. The van der Waals surface area contributed by atoms with Crippen LogP contribution in [0.4, 0.5) is 0 Å². The van der Waals surface area contributed by atoms with E-state index in [1.807, 2.05) is 26.0 Å². The zero-order valence-corrected chi connectivity index (χ0v) is 13.4. The number of ether oxygens (including phenoxy) is 1. The van der Waals surface area contributed by atoms with Crippen LogP contribution >= 0.6 is 0 Å². The highest BCUT2D eigenvalue weighted by atomic mass is 16.5. The Hall–Kier alpha value is -1.62. The summed E-state index contributed by atoms with van der Waals surface area (Å²) in [5.74, 6) is 0.529. The normalized spacial score (nSPS) is 16.7. The second-order valence-corrected chi connectivity index (χ2v) is 6.28. The summed E-state index contributed by atoms with van der Waals surface area (Å²) in [4.78, 5) is 16.1. The fraction of sp³-hybridized carbons (Fsp3) is 0.647. The number of pyridine rings is 1. The Balaban J connectivity index is 1.88. The van der Waals surface area contributed by atoms with Gasteiger partial charge in [0, 0.05) is 18.3 Å². The molecule has 0 saturated heterocycles. The third kappa shape index (κ3) is 4.98. The van der Waals surface area contributed by atoms with Gasteiger partial charge >= 0.3 is 0 Å². The minimum absolute atomic E-state index is 0.0744. The molecular weight excluding hydrogens is 280 g/mol. The Morgan fingerprint density at radius 2 is 2.18 bits per heavy atom. The van der Waals surface area contributed by atoms with Crippen LogP contribution in [0.15, 0.2) is 18.3 Å². The van der Waals surface area contributed by atoms with Crippen LogP contribution in [-0.4, -0.2) is 28.2 Å². The Bertz CT molecular complexity index is 485. The summed E-state index contributed by atoms with van der Waals surface area (Å²) in [6, 6.07) is 3.75. The summed E-state index contributed by atoms with van der Waals surface area (Å²) in [6.07, 6.45) is 6.02. The van der Waals surface area contributed by atoms with Crippen LogP contribution in [0.1, 0.15) is 51.5 Å². The van der Waals surface area contributed by atoms with Crippen molar-refractivity contribution in [3.8, 4) is 5.88 Å². The van der Waals surface area contributed by atoms with E-state index in [-0.39, 0.29) is 24.3 Å². The Morgan fingerprint density at radius 1 is 1.45 bits per heavy atom. The number of aliphatic hydroxyl groups is 1. The van der Waals surface area contributed by atoms with E-state index in [1.165, 1.54) is 12.8 Å². The Labute approximate surface area is 132 Å². The molecule has 0 aliphatic heterocycles. The zero-order valence-electron chi connectivity index (χ0n) is 13.4. The predicted molar refractivity (Wildman–Crippen MR) is 84.4 cm³/mol. The first-order valence-electron chi connectivity index (χ1n) is 8.11. The fourth-order valence-corrected chi connectivity index (χ4v) is 2.52. The molecule has 1 amide bonds. The van der Waals surface area contributed by atoms with Crippen molar-refractivity contribution in [2.24, 2.45) is 5.92 Å². The fourth-order valence-electron chi connectivity index (χ4n) is 2.52. The van der Waals surface area contributed by atoms with Gasteiger partial charge in [-0.2, -0.15) is 0 Å². The van der Waals surface area contributed by atoms with Crippen molar-refractivity contribution in [2.45, 2.75) is 64.7 Å². The summed E-state index contributed by atoms with van der Waals surface area (Å²) >= 11 is 0. The van der Waals surface area contributed by atoms with E-state index in [9.17, 15) is 9.90 Å². The largest absolute Gasteiger partial charge is 0.474 e. The molecule has 22 heavy (non-hydrogen) atoms. The van der Waals surface area contributed by atoms with Crippen LogP contribution in [0.3, 0.4) is 0 Å². The van der Waals surface area contributed by atoms with Gasteiger partial charge in [0.15, 0.2) is 0 Å². The molecule has 1 aromatic rings. The number of amides is 1. The average molecular weight is 306 g/mol. The van der Waals surface area contributed by atoms with Crippen molar-refractivity contribution in [2.75, 3.05) is 0 Å². The summed E-state index contributed by atoms with van der Waals surface area (Å²) in [6.45, 7) is 4.17. The second-order valence-electron chi connectivity index (χ2n) is 6.28. The van der Waals surface area contributed by atoms with E-state index in [0.717, 1.165) is 18.4 Å². The SMILES string of the molecule is CC(C)C(O)CC(=O)NCc1cccnc1OC1CCCC1. The van der Waals surface area contributed by atoms with Crippen molar-refractivity contribution in [3.05, 3.63) is 23.9 Å². The zero-order chi connectivity index (χ0) is 15.9. The molecule has 1 aliphatic rings. The monoisotopic (exact) mass is 306 g/mol. The molecular formula is C17H26N2O3. The van der Waals surface area contributed by atoms with E-state index in [4.69, 9.17) is 4.74 Å².